The van der Waals surface area contributed by atoms with Gasteiger partial charge in [-0.15, -0.1) is 0 Å². The van der Waals surface area contributed by atoms with Gasteiger partial charge < -0.3 is 0 Å². The Bertz CT molecular complexity index is 480. The molecule has 1 heterocycles. The molecule has 0 unspecified atom stereocenters. The third kappa shape index (κ3) is 1.59. The van der Waals surface area contributed by atoms with Gasteiger partial charge in [0.15, 0.2) is 0 Å². The van der Waals surface area contributed by atoms with Crippen molar-refractivity contribution in [3.05, 3.63) is 25.3 Å². The summed E-state index contributed by atoms with van der Waals surface area (Å²) in [7, 11) is 1.91. The third-order valence-electron chi connectivity index (χ3n) is 1.83. The largest absolute Gasteiger partial charge is 0.267 e. The first-order chi connectivity index (χ1) is 6.09. The molecule has 0 N–H and O–H groups in total. The molecule has 0 amide bonds. The Morgan fingerprint density at radius 3 is 2.92 bits per heavy atom. The summed E-state index contributed by atoms with van der Waals surface area (Å²) >= 11 is 11.7. The molecule has 0 fully saturated rings. The van der Waals surface area contributed by atoms with Gasteiger partial charge in [-0.25, -0.2) is 0 Å². The monoisotopic (exact) mass is 370 g/mol. The number of fused-ring (bicyclic) bond motifs is 1. The smallest absolute Gasteiger partial charge is 0.132 e. The number of aryl methyl sites for hydroxylation is 1. The van der Waals surface area contributed by atoms with Crippen LogP contribution in [0.4, 0.5) is 0 Å². The van der Waals surface area contributed by atoms with Crippen LogP contribution in [-0.4, -0.2) is 9.78 Å². The number of nitrogens with zero attached hydrogens (tertiary/aromatic N) is 2. The zero-order valence-corrected chi connectivity index (χ0v) is 11.2. The molecule has 0 radical (unpaired) electrons. The first-order valence-electron chi connectivity index (χ1n) is 3.57. The Hall–Kier alpha value is 0.190. The Balaban J connectivity index is 2.97. The molecule has 5 heteroatoms. The molecule has 0 aliphatic carbocycles. The topological polar surface area (TPSA) is 17.8 Å². The maximum Gasteiger partial charge on any atom is 0.132 e. The third-order valence-corrected chi connectivity index (χ3v) is 3.34. The van der Waals surface area contributed by atoms with E-state index in [1.165, 1.54) is 0 Å². The standard InChI is InChI=1S/C8H5BrClIN2/c1-13-6-3-4(9)2-5(10)7(6)8(11)12-13/h2-3H,1H3. The van der Waals surface area contributed by atoms with E-state index in [2.05, 4.69) is 43.6 Å². The minimum Gasteiger partial charge on any atom is -0.267 e. The first kappa shape index (κ1) is 9.73. The van der Waals surface area contributed by atoms with Gasteiger partial charge in [0.1, 0.15) is 3.70 Å². The fourth-order valence-corrected chi connectivity index (χ4v) is 3.19. The van der Waals surface area contributed by atoms with Gasteiger partial charge >= 0.3 is 0 Å². The highest BCUT2D eigenvalue weighted by Gasteiger charge is 2.10. The zero-order valence-electron chi connectivity index (χ0n) is 6.68. The van der Waals surface area contributed by atoms with Crippen LogP contribution in [0.1, 0.15) is 0 Å². The number of hydrogen-bond acceptors (Lipinski definition) is 1. The summed E-state index contributed by atoms with van der Waals surface area (Å²) in [6, 6.07) is 3.89. The van der Waals surface area contributed by atoms with E-state index in [0.717, 1.165) is 24.1 Å². The molecule has 13 heavy (non-hydrogen) atoms. The second kappa shape index (κ2) is 3.40. The fraction of sp³-hybridized carbons (Fsp3) is 0.125. The number of rotatable bonds is 0. The molecule has 2 nitrogen and oxygen atoms in total. The molecule has 0 saturated carbocycles. The minimum atomic E-state index is 0.738. The maximum atomic E-state index is 6.09. The second-order valence-corrected chi connectivity index (χ2v) is 5.04. The lowest BCUT2D eigenvalue weighted by Gasteiger charge is -1.97. The van der Waals surface area contributed by atoms with Crippen molar-refractivity contribution >= 4 is 61.0 Å². The van der Waals surface area contributed by atoms with Crippen molar-refractivity contribution in [2.24, 2.45) is 7.05 Å². The molecule has 0 aliphatic rings. The quantitative estimate of drug-likeness (QED) is 0.647. The van der Waals surface area contributed by atoms with Gasteiger partial charge in [-0.2, -0.15) is 5.10 Å². The summed E-state index contributed by atoms with van der Waals surface area (Å²) in [5, 5.41) is 6.05. The summed E-state index contributed by atoms with van der Waals surface area (Å²) in [6.45, 7) is 0. The molecular formula is C8H5BrClIN2. The summed E-state index contributed by atoms with van der Waals surface area (Å²) in [6.07, 6.45) is 0. The molecule has 0 atom stereocenters. The predicted molar refractivity (Wildman–Crippen MR) is 66.1 cm³/mol. The van der Waals surface area contributed by atoms with Crippen molar-refractivity contribution in [2.45, 2.75) is 0 Å². The van der Waals surface area contributed by atoms with Gasteiger partial charge in [-0.1, -0.05) is 27.5 Å². The van der Waals surface area contributed by atoms with Crippen molar-refractivity contribution in [3.8, 4) is 0 Å². The van der Waals surface area contributed by atoms with Crippen LogP contribution in [0, 0.1) is 3.70 Å². The average Bonchev–Trinajstić information content (AvgIpc) is 2.27. The Kier molecular flexibility index (Phi) is 2.55. The number of hydrogen-bond donors (Lipinski definition) is 0. The number of halogens is 3. The van der Waals surface area contributed by atoms with E-state index >= 15 is 0 Å². The van der Waals surface area contributed by atoms with E-state index < -0.39 is 0 Å². The number of benzene rings is 1. The molecule has 0 spiro atoms. The predicted octanol–water partition coefficient (Wildman–Crippen LogP) is 3.59. The van der Waals surface area contributed by atoms with Crippen LogP contribution in [0.5, 0.6) is 0 Å². The van der Waals surface area contributed by atoms with E-state index in [0.29, 0.717) is 0 Å². The Morgan fingerprint density at radius 2 is 2.23 bits per heavy atom. The fourth-order valence-electron chi connectivity index (χ4n) is 1.26. The van der Waals surface area contributed by atoms with E-state index in [-0.39, 0.29) is 0 Å². The maximum absolute atomic E-state index is 6.09. The minimum absolute atomic E-state index is 0.738. The highest BCUT2D eigenvalue weighted by Crippen LogP contribution is 2.30. The summed E-state index contributed by atoms with van der Waals surface area (Å²) in [5.41, 5.74) is 1.05. The van der Waals surface area contributed by atoms with Crippen LogP contribution < -0.4 is 0 Å². The lowest BCUT2D eigenvalue weighted by atomic mass is 10.2. The van der Waals surface area contributed by atoms with Crippen molar-refractivity contribution in [3.63, 3.8) is 0 Å². The van der Waals surface area contributed by atoms with Gasteiger partial charge in [0.2, 0.25) is 0 Å². The van der Waals surface area contributed by atoms with Crippen molar-refractivity contribution in [2.75, 3.05) is 0 Å². The van der Waals surface area contributed by atoms with Crippen LogP contribution in [0.25, 0.3) is 10.9 Å². The first-order valence-corrected chi connectivity index (χ1v) is 5.82. The van der Waals surface area contributed by atoms with Gasteiger partial charge in [-0.3, -0.25) is 4.68 Å². The van der Waals surface area contributed by atoms with Crippen LogP contribution in [-0.2, 0) is 7.05 Å². The lowest BCUT2D eigenvalue weighted by Crippen LogP contribution is -1.88. The molecule has 1 aromatic heterocycles. The van der Waals surface area contributed by atoms with Gasteiger partial charge in [0.05, 0.1) is 15.9 Å². The Morgan fingerprint density at radius 1 is 1.54 bits per heavy atom. The lowest BCUT2D eigenvalue weighted by molar-refractivity contribution is 0.787. The van der Waals surface area contributed by atoms with E-state index in [1.54, 1.807) is 0 Å². The zero-order chi connectivity index (χ0) is 9.59. The van der Waals surface area contributed by atoms with E-state index in [9.17, 15) is 0 Å². The van der Waals surface area contributed by atoms with Crippen molar-refractivity contribution in [1.82, 2.24) is 9.78 Å². The average molecular weight is 371 g/mol. The highest BCUT2D eigenvalue weighted by atomic mass is 127. The van der Waals surface area contributed by atoms with Gasteiger partial charge in [0, 0.05) is 11.5 Å². The molecule has 0 aliphatic heterocycles. The highest BCUT2D eigenvalue weighted by molar-refractivity contribution is 14.1. The molecule has 0 bridgehead atoms. The van der Waals surface area contributed by atoms with Crippen LogP contribution in [0.15, 0.2) is 16.6 Å². The van der Waals surface area contributed by atoms with E-state index in [4.69, 9.17) is 11.6 Å². The van der Waals surface area contributed by atoms with E-state index in [1.807, 2.05) is 23.9 Å². The van der Waals surface area contributed by atoms with Crippen molar-refractivity contribution < 1.29 is 0 Å². The van der Waals surface area contributed by atoms with Crippen molar-refractivity contribution in [1.29, 1.82) is 0 Å². The van der Waals surface area contributed by atoms with Gasteiger partial charge in [0.25, 0.3) is 0 Å². The van der Waals surface area contributed by atoms with Gasteiger partial charge in [-0.05, 0) is 34.7 Å². The molecule has 68 valence electrons. The van der Waals surface area contributed by atoms with Crippen LogP contribution in [0.2, 0.25) is 5.02 Å². The van der Waals surface area contributed by atoms with Crippen LogP contribution in [0.3, 0.4) is 0 Å². The molecule has 2 rings (SSSR count). The molecule has 0 saturated heterocycles. The number of aromatic nitrogens is 2. The molecule has 1 aromatic carbocycles. The molecule has 2 aromatic rings. The second-order valence-electron chi connectivity index (χ2n) is 2.70. The van der Waals surface area contributed by atoms with Crippen LogP contribution >= 0.6 is 50.1 Å². The summed E-state index contributed by atoms with van der Waals surface area (Å²) < 4.78 is 3.74. The summed E-state index contributed by atoms with van der Waals surface area (Å²) in [4.78, 5) is 0. The SMILES string of the molecule is Cn1nc(I)c2c(Cl)cc(Br)cc21. The Labute approximate surface area is 103 Å². The summed E-state index contributed by atoms with van der Waals surface area (Å²) in [5.74, 6) is 0. The molecular weight excluding hydrogens is 366 g/mol. The normalized spacial score (nSPS) is 11.1.